The van der Waals surface area contributed by atoms with Crippen LogP contribution >= 0.6 is 0 Å². The Kier molecular flexibility index (Phi) is 6.00. The summed E-state index contributed by atoms with van der Waals surface area (Å²) >= 11 is 0. The minimum Gasteiger partial charge on any atom is -0.374 e. The van der Waals surface area contributed by atoms with E-state index in [-0.39, 0.29) is 5.91 Å². The molecule has 0 spiro atoms. The Morgan fingerprint density at radius 2 is 1.75 bits per heavy atom. The predicted octanol–water partition coefficient (Wildman–Crippen LogP) is 3.88. The topological polar surface area (TPSA) is 35.6 Å². The van der Waals surface area contributed by atoms with Gasteiger partial charge in [-0.25, -0.2) is 0 Å². The first-order valence-electron chi connectivity index (χ1n) is 9.59. The Morgan fingerprint density at radius 1 is 1.08 bits per heavy atom. The third-order valence-electron chi connectivity index (χ3n) is 5.55. The lowest BCUT2D eigenvalue weighted by Crippen LogP contribution is -2.41. The smallest absolute Gasteiger partial charge is 0.241 e. The highest BCUT2D eigenvalue weighted by molar-refractivity contribution is 5.83. The molecule has 1 saturated heterocycles. The van der Waals surface area contributed by atoms with E-state index >= 15 is 0 Å². The summed E-state index contributed by atoms with van der Waals surface area (Å²) in [6.07, 6.45) is 10.0. The van der Waals surface area contributed by atoms with E-state index in [1.807, 2.05) is 18.0 Å². The number of likely N-dealkylation sites (N-methyl/N-ethyl adjacent to an activating group) is 1. The van der Waals surface area contributed by atoms with Gasteiger partial charge in [-0.1, -0.05) is 31.4 Å². The van der Waals surface area contributed by atoms with Gasteiger partial charge in [-0.2, -0.15) is 0 Å². The number of benzene rings is 1. The second-order valence-corrected chi connectivity index (χ2v) is 7.21. The molecule has 4 nitrogen and oxygen atoms in total. The van der Waals surface area contributed by atoms with Crippen molar-refractivity contribution in [3.8, 4) is 0 Å². The molecule has 132 valence electrons. The van der Waals surface area contributed by atoms with E-state index < -0.39 is 0 Å². The van der Waals surface area contributed by atoms with Crippen LogP contribution in [0.5, 0.6) is 0 Å². The van der Waals surface area contributed by atoms with E-state index in [2.05, 4.69) is 28.4 Å². The maximum absolute atomic E-state index is 12.6. The fourth-order valence-electron chi connectivity index (χ4n) is 4.00. The number of hydrogen-bond donors (Lipinski definition) is 1. The fraction of sp³-hybridized carbons (Fsp3) is 0.650. The largest absolute Gasteiger partial charge is 0.374 e. The van der Waals surface area contributed by atoms with Crippen LogP contribution in [-0.2, 0) is 4.79 Å². The van der Waals surface area contributed by atoms with E-state index in [0.29, 0.717) is 12.6 Å². The summed E-state index contributed by atoms with van der Waals surface area (Å²) in [6, 6.07) is 8.84. The first-order chi connectivity index (χ1) is 11.8. The van der Waals surface area contributed by atoms with Crippen molar-refractivity contribution in [3.05, 3.63) is 24.3 Å². The third kappa shape index (κ3) is 4.22. The molecule has 1 amide bonds. The summed E-state index contributed by atoms with van der Waals surface area (Å²) in [6.45, 7) is 2.63. The number of para-hydroxylation sites is 2. The summed E-state index contributed by atoms with van der Waals surface area (Å²) in [5, 5.41) is 3.40. The third-order valence-corrected chi connectivity index (χ3v) is 5.55. The molecule has 1 aliphatic carbocycles. The number of nitrogens with zero attached hydrogens (tertiary/aromatic N) is 2. The average Bonchev–Trinajstić information content (AvgIpc) is 2.67. The van der Waals surface area contributed by atoms with Crippen molar-refractivity contribution in [2.24, 2.45) is 0 Å². The lowest BCUT2D eigenvalue weighted by molar-refractivity contribution is -0.130. The SMILES string of the molecule is CN(C(=O)CNc1ccccc1N1CCCCC1)C1CCCCC1. The highest BCUT2D eigenvalue weighted by Gasteiger charge is 2.22. The minimum absolute atomic E-state index is 0.204. The van der Waals surface area contributed by atoms with Crippen LogP contribution in [0.15, 0.2) is 24.3 Å². The van der Waals surface area contributed by atoms with Crippen molar-refractivity contribution < 1.29 is 4.79 Å². The molecule has 2 aliphatic rings. The number of carbonyl (C=O) groups is 1. The van der Waals surface area contributed by atoms with Gasteiger partial charge >= 0.3 is 0 Å². The van der Waals surface area contributed by atoms with Gasteiger partial charge in [-0.15, -0.1) is 0 Å². The first kappa shape index (κ1) is 17.1. The van der Waals surface area contributed by atoms with Gasteiger partial charge in [0.2, 0.25) is 5.91 Å². The van der Waals surface area contributed by atoms with Crippen LogP contribution in [0.4, 0.5) is 11.4 Å². The Hall–Kier alpha value is -1.71. The maximum Gasteiger partial charge on any atom is 0.241 e. The van der Waals surface area contributed by atoms with Crippen LogP contribution in [0.1, 0.15) is 51.4 Å². The minimum atomic E-state index is 0.204. The van der Waals surface area contributed by atoms with Crippen LogP contribution in [-0.4, -0.2) is 43.5 Å². The van der Waals surface area contributed by atoms with Crippen molar-refractivity contribution in [1.82, 2.24) is 4.90 Å². The lowest BCUT2D eigenvalue weighted by Gasteiger charge is -2.32. The molecule has 1 heterocycles. The van der Waals surface area contributed by atoms with E-state index in [4.69, 9.17) is 0 Å². The zero-order chi connectivity index (χ0) is 16.8. The number of anilines is 2. The van der Waals surface area contributed by atoms with E-state index in [1.165, 1.54) is 44.2 Å². The molecular weight excluding hydrogens is 298 g/mol. The van der Waals surface area contributed by atoms with Crippen molar-refractivity contribution >= 4 is 17.3 Å². The maximum atomic E-state index is 12.6. The molecule has 1 aromatic carbocycles. The zero-order valence-corrected chi connectivity index (χ0v) is 15.0. The van der Waals surface area contributed by atoms with Crippen LogP contribution in [0.25, 0.3) is 0 Å². The van der Waals surface area contributed by atoms with Crippen LogP contribution in [0.2, 0.25) is 0 Å². The fourth-order valence-corrected chi connectivity index (χ4v) is 4.00. The van der Waals surface area contributed by atoms with Gasteiger partial charge in [0.15, 0.2) is 0 Å². The molecule has 2 fully saturated rings. The average molecular weight is 329 g/mol. The van der Waals surface area contributed by atoms with Gasteiger partial charge in [0.25, 0.3) is 0 Å². The van der Waals surface area contributed by atoms with Crippen molar-refractivity contribution in [3.63, 3.8) is 0 Å². The Morgan fingerprint density at radius 3 is 2.50 bits per heavy atom. The Bertz CT molecular complexity index is 533. The van der Waals surface area contributed by atoms with E-state index in [0.717, 1.165) is 31.6 Å². The molecule has 0 aromatic heterocycles. The zero-order valence-electron chi connectivity index (χ0n) is 15.0. The molecule has 0 bridgehead atoms. The standard InChI is InChI=1S/C20H31N3O/c1-22(17-10-4-2-5-11-17)20(24)16-21-18-12-6-7-13-19(18)23-14-8-3-9-15-23/h6-7,12-13,17,21H,2-5,8-11,14-16H2,1H3. The summed E-state index contributed by atoms with van der Waals surface area (Å²) in [5.74, 6) is 0.204. The highest BCUT2D eigenvalue weighted by Crippen LogP contribution is 2.28. The summed E-state index contributed by atoms with van der Waals surface area (Å²) in [7, 11) is 1.97. The van der Waals surface area contributed by atoms with Crippen LogP contribution in [0.3, 0.4) is 0 Å². The molecule has 1 saturated carbocycles. The number of hydrogen-bond acceptors (Lipinski definition) is 3. The molecule has 0 unspecified atom stereocenters. The van der Waals surface area contributed by atoms with Gasteiger partial charge < -0.3 is 15.1 Å². The van der Waals surface area contributed by atoms with Crippen LogP contribution < -0.4 is 10.2 Å². The van der Waals surface area contributed by atoms with Gasteiger partial charge in [-0.3, -0.25) is 4.79 Å². The highest BCUT2D eigenvalue weighted by atomic mass is 16.2. The van der Waals surface area contributed by atoms with Crippen molar-refractivity contribution in [1.29, 1.82) is 0 Å². The number of amides is 1. The number of rotatable bonds is 5. The molecule has 4 heteroatoms. The molecule has 1 aliphatic heterocycles. The van der Waals surface area contributed by atoms with Gasteiger partial charge in [-0.05, 0) is 44.2 Å². The van der Waals surface area contributed by atoms with Crippen LogP contribution in [0, 0.1) is 0 Å². The Balaban J connectivity index is 1.58. The molecule has 0 atom stereocenters. The number of piperidine rings is 1. The molecule has 1 N–H and O–H groups in total. The first-order valence-corrected chi connectivity index (χ1v) is 9.59. The monoisotopic (exact) mass is 329 g/mol. The summed E-state index contributed by atoms with van der Waals surface area (Å²) in [4.78, 5) is 17.0. The second-order valence-electron chi connectivity index (χ2n) is 7.21. The molecule has 1 aromatic rings. The number of carbonyl (C=O) groups excluding carboxylic acids is 1. The van der Waals surface area contributed by atoms with Gasteiger partial charge in [0, 0.05) is 26.2 Å². The summed E-state index contributed by atoms with van der Waals surface area (Å²) in [5.41, 5.74) is 2.33. The van der Waals surface area contributed by atoms with Crippen molar-refractivity contribution in [2.45, 2.75) is 57.4 Å². The van der Waals surface area contributed by atoms with E-state index in [9.17, 15) is 4.79 Å². The normalized spacial score (nSPS) is 19.1. The Labute approximate surface area is 146 Å². The van der Waals surface area contributed by atoms with Gasteiger partial charge in [0.05, 0.1) is 17.9 Å². The quantitative estimate of drug-likeness (QED) is 0.890. The molecule has 24 heavy (non-hydrogen) atoms. The van der Waals surface area contributed by atoms with Gasteiger partial charge in [0.1, 0.15) is 0 Å². The molecule has 3 rings (SSSR count). The second kappa shape index (κ2) is 8.41. The number of nitrogens with one attached hydrogen (secondary N) is 1. The van der Waals surface area contributed by atoms with Crippen molar-refractivity contribution in [2.75, 3.05) is 36.9 Å². The lowest BCUT2D eigenvalue weighted by atomic mass is 9.94. The van der Waals surface area contributed by atoms with E-state index in [1.54, 1.807) is 0 Å². The molecular formula is C20H31N3O. The predicted molar refractivity (Wildman–Crippen MR) is 101 cm³/mol. The molecule has 0 radical (unpaired) electrons. The summed E-state index contributed by atoms with van der Waals surface area (Å²) < 4.78 is 0.